The standard InChI is InChI=1S/C39H40N2O3/c1-39(2,3)31-17-11-14-27(37(31)42)23-40-32-18-9-10-19-33(32)41-24-28-22-26-13-6-8-16-30(26)36(38(28)43)35-29-15-7-5-12-25(29)20-21-34(35)44-4/h5-8,11-17,20-24,32-33,42-43H,9-10,18-19H2,1-4H3/t32-,33-/m1/s1. The van der Waals surface area contributed by atoms with Gasteiger partial charge in [-0.1, -0.05) is 100 Å². The summed E-state index contributed by atoms with van der Waals surface area (Å²) in [6, 6.07) is 28.2. The van der Waals surface area contributed by atoms with E-state index in [1.54, 1.807) is 7.11 Å². The maximum absolute atomic E-state index is 11.9. The van der Waals surface area contributed by atoms with Crippen molar-refractivity contribution >= 4 is 34.0 Å². The molecule has 0 spiro atoms. The van der Waals surface area contributed by atoms with Crippen LogP contribution in [0, 0.1) is 0 Å². The molecular weight excluding hydrogens is 544 g/mol. The minimum atomic E-state index is -0.164. The molecule has 1 saturated carbocycles. The summed E-state index contributed by atoms with van der Waals surface area (Å²) in [6.07, 6.45) is 7.65. The average molecular weight is 585 g/mol. The van der Waals surface area contributed by atoms with Crippen LogP contribution in [0.3, 0.4) is 0 Å². The zero-order valence-electron chi connectivity index (χ0n) is 25.9. The molecule has 0 aromatic heterocycles. The van der Waals surface area contributed by atoms with Crippen LogP contribution in [0.1, 0.15) is 63.1 Å². The van der Waals surface area contributed by atoms with Gasteiger partial charge in [0.15, 0.2) is 0 Å². The molecule has 5 aromatic rings. The fraction of sp³-hybridized carbons (Fsp3) is 0.282. The number of ether oxygens (including phenoxy) is 1. The number of hydrogen-bond donors (Lipinski definition) is 2. The number of para-hydroxylation sites is 1. The van der Waals surface area contributed by atoms with Gasteiger partial charge >= 0.3 is 0 Å². The quantitative estimate of drug-likeness (QED) is 0.195. The van der Waals surface area contributed by atoms with E-state index in [9.17, 15) is 10.2 Å². The van der Waals surface area contributed by atoms with Gasteiger partial charge in [-0.05, 0) is 63.6 Å². The van der Waals surface area contributed by atoms with Crippen molar-refractivity contribution in [3.05, 3.63) is 102 Å². The average Bonchev–Trinajstić information content (AvgIpc) is 3.03. The third-order valence-corrected chi connectivity index (χ3v) is 8.79. The molecule has 1 fully saturated rings. The van der Waals surface area contributed by atoms with E-state index in [0.717, 1.165) is 69.5 Å². The third-order valence-electron chi connectivity index (χ3n) is 8.79. The number of benzene rings is 5. The zero-order chi connectivity index (χ0) is 30.8. The second kappa shape index (κ2) is 12.2. The van der Waals surface area contributed by atoms with Gasteiger partial charge in [-0.2, -0.15) is 0 Å². The van der Waals surface area contributed by atoms with Gasteiger partial charge in [0, 0.05) is 34.7 Å². The molecule has 0 heterocycles. The van der Waals surface area contributed by atoms with Crippen molar-refractivity contribution in [3.63, 3.8) is 0 Å². The zero-order valence-corrected chi connectivity index (χ0v) is 25.9. The van der Waals surface area contributed by atoms with Gasteiger partial charge in [-0.3, -0.25) is 9.98 Å². The Balaban J connectivity index is 1.40. The molecule has 0 saturated heterocycles. The molecule has 224 valence electrons. The number of fused-ring (bicyclic) bond motifs is 2. The Hall–Kier alpha value is -4.64. The predicted molar refractivity (Wildman–Crippen MR) is 183 cm³/mol. The molecule has 6 rings (SSSR count). The second-order valence-electron chi connectivity index (χ2n) is 12.7. The van der Waals surface area contributed by atoms with Gasteiger partial charge in [-0.25, -0.2) is 0 Å². The van der Waals surface area contributed by atoms with Crippen LogP contribution in [0.2, 0.25) is 0 Å². The molecule has 0 bridgehead atoms. The van der Waals surface area contributed by atoms with Crippen LogP contribution in [0.5, 0.6) is 17.2 Å². The van der Waals surface area contributed by atoms with Crippen LogP contribution in [0.4, 0.5) is 0 Å². The van der Waals surface area contributed by atoms with Crippen LogP contribution in [0.15, 0.2) is 94.9 Å². The highest BCUT2D eigenvalue weighted by molar-refractivity contribution is 6.12. The first-order valence-corrected chi connectivity index (χ1v) is 15.5. The Bertz CT molecular complexity index is 1880. The Kier molecular flexibility index (Phi) is 8.13. The monoisotopic (exact) mass is 584 g/mol. The van der Waals surface area contributed by atoms with Gasteiger partial charge in [0.2, 0.25) is 0 Å². The molecule has 44 heavy (non-hydrogen) atoms. The van der Waals surface area contributed by atoms with Crippen LogP contribution in [0.25, 0.3) is 32.7 Å². The van der Waals surface area contributed by atoms with Crippen LogP contribution in [-0.4, -0.2) is 41.8 Å². The van der Waals surface area contributed by atoms with Crippen molar-refractivity contribution in [3.8, 4) is 28.4 Å². The second-order valence-corrected chi connectivity index (χ2v) is 12.7. The van der Waals surface area contributed by atoms with E-state index in [-0.39, 0.29) is 29.0 Å². The lowest BCUT2D eigenvalue weighted by atomic mass is 9.85. The minimum Gasteiger partial charge on any atom is -0.507 e. The Morgan fingerprint density at radius 1 is 0.682 bits per heavy atom. The van der Waals surface area contributed by atoms with Crippen molar-refractivity contribution in [1.82, 2.24) is 0 Å². The number of phenolic OH excluding ortho intramolecular Hbond substituents is 2. The normalized spacial score (nSPS) is 17.6. The smallest absolute Gasteiger partial charge is 0.132 e. The Labute approximate surface area is 259 Å². The van der Waals surface area contributed by atoms with E-state index in [4.69, 9.17) is 14.7 Å². The van der Waals surface area contributed by atoms with E-state index < -0.39 is 0 Å². The summed E-state index contributed by atoms with van der Waals surface area (Å²) in [6.45, 7) is 6.29. The number of aromatic hydroxyl groups is 2. The van der Waals surface area contributed by atoms with Crippen LogP contribution >= 0.6 is 0 Å². The molecule has 5 heteroatoms. The Morgan fingerprint density at radius 3 is 1.95 bits per heavy atom. The highest BCUT2D eigenvalue weighted by Crippen LogP contribution is 2.46. The molecule has 5 nitrogen and oxygen atoms in total. The number of nitrogens with zero attached hydrogens (tertiary/aromatic N) is 2. The first-order chi connectivity index (χ1) is 21.3. The van der Waals surface area contributed by atoms with Crippen LogP contribution < -0.4 is 4.74 Å². The number of phenols is 2. The van der Waals surface area contributed by atoms with Gasteiger partial charge in [-0.15, -0.1) is 0 Å². The van der Waals surface area contributed by atoms with Crippen molar-refractivity contribution < 1.29 is 14.9 Å². The summed E-state index contributed by atoms with van der Waals surface area (Å²) in [5.41, 5.74) is 3.74. The van der Waals surface area contributed by atoms with Crippen molar-refractivity contribution in [2.24, 2.45) is 9.98 Å². The lowest BCUT2D eigenvalue weighted by Gasteiger charge is -2.26. The third kappa shape index (κ3) is 5.67. The summed E-state index contributed by atoms with van der Waals surface area (Å²) < 4.78 is 5.84. The van der Waals surface area contributed by atoms with Gasteiger partial charge in [0.05, 0.1) is 19.2 Å². The molecule has 0 amide bonds. The van der Waals surface area contributed by atoms with Gasteiger partial charge in [0.25, 0.3) is 0 Å². The fourth-order valence-corrected chi connectivity index (χ4v) is 6.45. The number of aliphatic imine (C=N–C) groups is 2. The molecule has 0 unspecified atom stereocenters. The predicted octanol–water partition coefficient (Wildman–Crippen LogP) is 9.23. The highest BCUT2D eigenvalue weighted by atomic mass is 16.5. The first-order valence-electron chi connectivity index (χ1n) is 15.5. The summed E-state index contributed by atoms with van der Waals surface area (Å²) in [4.78, 5) is 9.99. The summed E-state index contributed by atoms with van der Waals surface area (Å²) in [5, 5.41) is 26.9. The van der Waals surface area contributed by atoms with Crippen molar-refractivity contribution in [1.29, 1.82) is 0 Å². The van der Waals surface area contributed by atoms with E-state index in [2.05, 4.69) is 39.0 Å². The topological polar surface area (TPSA) is 74.4 Å². The summed E-state index contributed by atoms with van der Waals surface area (Å²) >= 11 is 0. The SMILES string of the molecule is COc1ccc2ccccc2c1-c1c(O)c(C=N[C@@H]2CCCC[C@H]2N=Cc2cccc(C(C)(C)C)c2O)cc2ccccc12. The molecule has 1 aliphatic carbocycles. The molecular formula is C39H40N2O3. The number of rotatable bonds is 6. The van der Waals surface area contributed by atoms with E-state index in [0.29, 0.717) is 11.3 Å². The summed E-state index contributed by atoms with van der Waals surface area (Å²) in [7, 11) is 1.67. The molecule has 1 aliphatic rings. The number of methoxy groups -OCH3 is 1. The lowest BCUT2D eigenvalue weighted by molar-refractivity contribution is 0.390. The van der Waals surface area contributed by atoms with E-state index in [1.807, 2.05) is 79.2 Å². The van der Waals surface area contributed by atoms with Crippen molar-refractivity contribution in [2.75, 3.05) is 7.11 Å². The summed E-state index contributed by atoms with van der Waals surface area (Å²) in [5.74, 6) is 1.18. The molecule has 2 atom stereocenters. The molecule has 2 N–H and O–H groups in total. The van der Waals surface area contributed by atoms with Gasteiger partial charge in [0.1, 0.15) is 17.2 Å². The van der Waals surface area contributed by atoms with Gasteiger partial charge < -0.3 is 14.9 Å². The van der Waals surface area contributed by atoms with Crippen LogP contribution in [-0.2, 0) is 5.41 Å². The van der Waals surface area contributed by atoms with Crippen molar-refractivity contribution in [2.45, 2.75) is 64.0 Å². The largest absolute Gasteiger partial charge is 0.507 e. The fourth-order valence-electron chi connectivity index (χ4n) is 6.45. The highest BCUT2D eigenvalue weighted by Gasteiger charge is 2.25. The molecule has 0 aliphatic heterocycles. The minimum absolute atomic E-state index is 0.00192. The lowest BCUT2D eigenvalue weighted by Crippen LogP contribution is -2.27. The molecule has 5 aromatic carbocycles. The Morgan fingerprint density at radius 2 is 1.30 bits per heavy atom. The molecule has 0 radical (unpaired) electrons. The van der Waals surface area contributed by atoms with E-state index in [1.165, 1.54) is 0 Å². The first kappa shape index (κ1) is 29.4. The maximum Gasteiger partial charge on any atom is 0.132 e. The van der Waals surface area contributed by atoms with E-state index >= 15 is 0 Å². The number of hydrogen-bond acceptors (Lipinski definition) is 5. The maximum atomic E-state index is 11.9.